The van der Waals surface area contributed by atoms with Crippen LogP contribution < -0.4 is 4.90 Å². The lowest BCUT2D eigenvalue weighted by atomic mass is 10.1. The summed E-state index contributed by atoms with van der Waals surface area (Å²) in [4.78, 5) is 13.3. The normalized spacial score (nSPS) is 10.4. The highest BCUT2D eigenvalue weighted by atomic mass is 19.2. The van der Waals surface area contributed by atoms with Gasteiger partial charge in [0.15, 0.2) is 11.6 Å². The zero-order valence-corrected chi connectivity index (χ0v) is 10.7. The van der Waals surface area contributed by atoms with Crippen molar-refractivity contribution < 1.29 is 18.0 Å². The molecule has 0 heterocycles. The predicted octanol–water partition coefficient (Wildman–Crippen LogP) is 3.77. The minimum atomic E-state index is -1.23. The number of para-hydroxylation sites is 1. The molecule has 0 aliphatic rings. The monoisotopic (exact) mass is 279 g/mol. The van der Waals surface area contributed by atoms with E-state index in [1.807, 2.05) is 0 Å². The van der Waals surface area contributed by atoms with Crippen LogP contribution in [0.2, 0.25) is 0 Å². The largest absolute Gasteiger partial charge is 0.306 e. The molecule has 2 aromatic carbocycles. The van der Waals surface area contributed by atoms with Crippen molar-refractivity contribution in [2.75, 3.05) is 11.4 Å². The zero-order valence-electron chi connectivity index (χ0n) is 10.7. The third-order valence-electron chi connectivity index (χ3n) is 2.89. The van der Waals surface area contributed by atoms with Crippen LogP contribution in [0.5, 0.6) is 0 Å². The summed E-state index contributed by atoms with van der Waals surface area (Å²) >= 11 is 0. The quantitative estimate of drug-likeness (QED) is 0.837. The van der Waals surface area contributed by atoms with Gasteiger partial charge in [0.2, 0.25) is 0 Å². The van der Waals surface area contributed by atoms with Gasteiger partial charge in [-0.05, 0) is 31.2 Å². The lowest BCUT2D eigenvalue weighted by molar-refractivity contribution is 0.0982. The summed E-state index contributed by atoms with van der Waals surface area (Å²) in [6.45, 7) is 1.76. The average Bonchev–Trinajstić information content (AvgIpc) is 2.44. The molecule has 0 spiro atoms. The molecule has 0 atom stereocenters. The molecule has 0 N–H and O–H groups in total. The molecule has 0 saturated heterocycles. The summed E-state index contributed by atoms with van der Waals surface area (Å²) in [5, 5.41) is 0. The Hall–Kier alpha value is -2.30. The van der Waals surface area contributed by atoms with Crippen LogP contribution >= 0.6 is 0 Å². The van der Waals surface area contributed by atoms with Gasteiger partial charge in [0, 0.05) is 6.54 Å². The van der Waals surface area contributed by atoms with E-state index in [9.17, 15) is 18.0 Å². The van der Waals surface area contributed by atoms with E-state index in [4.69, 9.17) is 0 Å². The number of nitrogens with zero attached hydrogens (tertiary/aromatic N) is 1. The first-order valence-electron chi connectivity index (χ1n) is 6.06. The third-order valence-corrected chi connectivity index (χ3v) is 2.89. The number of carbonyl (C=O) groups is 1. The highest BCUT2D eigenvalue weighted by molar-refractivity contribution is 6.06. The van der Waals surface area contributed by atoms with Crippen LogP contribution in [0.3, 0.4) is 0 Å². The fourth-order valence-corrected chi connectivity index (χ4v) is 1.91. The molecular formula is C15H12F3NO. The predicted molar refractivity (Wildman–Crippen MR) is 70.1 cm³/mol. The fraction of sp³-hybridized carbons (Fsp3) is 0.133. The van der Waals surface area contributed by atoms with Gasteiger partial charge in [-0.15, -0.1) is 0 Å². The summed E-state index contributed by atoms with van der Waals surface area (Å²) < 4.78 is 40.5. The number of benzene rings is 2. The maximum atomic E-state index is 13.7. The Labute approximate surface area is 114 Å². The van der Waals surface area contributed by atoms with Gasteiger partial charge in [0.1, 0.15) is 5.82 Å². The van der Waals surface area contributed by atoms with E-state index >= 15 is 0 Å². The number of hydrogen-bond donors (Lipinski definition) is 0. The van der Waals surface area contributed by atoms with Gasteiger partial charge in [-0.2, -0.15) is 0 Å². The maximum absolute atomic E-state index is 13.7. The number of carbonyl (C=O) groups excluding carboxylic acids is 1. The third kappa shape index (κ3) is 2.52. The van der Waals surface area contributed by atoms with Crippen LogP contribution in [-0.2, 0) is 0 Å². The fourth-order valence-electron chi connectivity index (χ4n) is 1.91. The van der Waals surface area contributed by atoms with Crippen LogP contribution in [0.1, 0.15) is 17.3 Å². The summed E-state index contributed by atoms with van der Waals surface area (Å²) in [5.41, 5.74) is -0.390. The van der Waals surface area contributed by atoms with Gasteiger partial charge in [-0.1, -0.05) is 18.2 Å². The van der Waals surface area contributed by atoms with E-state index in [-0.39, 0.29) is 12.2 Å². The molecule has 1 amide bonds. The maximum Gasteiger partial charge on any atom is 0.261 e. The lowest BCUT2D eigenvalue weighted by Crippen LogP contribution is -2.32. The van der Waals surface area contributed by atoms with Crippen LogP contribution in [0.15, 0.2) is 42.5 Å². The second-order valence-corrected chi connectivity index (χ2v) is 4.10. The molecule has 0 fully saturated rings. The average molecular weight is 279 g/mol. The van der Waals surface area contributed by atoms with E-state index in [1.54, 1.807) is 13.0 Å². The topological polar surface area (TPSA) is 20.3 Å². The molecule has 2 nitrogen and oxygen atoms in total. The molecule has 0 aliphatic heterocycles. The molecule has 0 aliphatic carbocycles. The molecule has 0 unspecified atom stereocenters. The van der Waals surface area contributed by atoms with E-state index in [1.165, 1.54) is 30.3 Å². The molecule has 0 radical (unpaired) electrons. The first-order valence-corrected chi connectivity index (χ1v) is 6.06. The number of hydrogen-bond acceptors (Lipinski definition) is 1. The van der Waals surface area contributed by atoms with Crippen molar-refractivity contribution >= 4 is 11.6 Å². The van der Waals surface area contributed by atoms with Crippen LogP contribution in [0.25, 0.3) is 0 Å². The first-order chi connectivity index (χ1) is 9.56. The van der Waals surface area contributed by atoms with Crippen LogP contribution in [-0.4, -0.2) is 12.5 Å². The molecule has 2 rings (SSSR count). The molecule has 0 saturated carbocycles. The second-order valence-electron chi connectivity index (χ2n) is 4.10. The molecule has 2 aromatic rings. The van der Waals surface area contributed by atoms with Gasteiger partial charge in [-0.3, -0.25) is 4.79 Å². The van der Waals surface area contributed by atoms with Crippen molar-refractivity contribution in [3.8, 4) is 0 Å². The van der Waals surface area contributed by atoms with Crippen molar-refractivity contribution in [3.63, 3.8) is 0 Å². The minimum absolute atomic E-state index is 0.0312. The Morgan fingerprint density at radius 1 is 1.00 bits per heavy atom. The summed E-state index contributed by atoms with van der Waals surface area (Å²) in [6, 6.07) is 8.99. The second kappa shape index (κ2) is 5.77. The zero-order chi connectivity index (χ0) is 14.7. The van der Waals surface area contributed by atoms with Gasteiger partial charge >= 0.3 is 0 Å². The van der Waals surface area contributed by atoms with Gasteiger partial charge in [0.05, 0.1) is 11.3 Å². The molecule has 0 bridgehead atoms. The van der Waals surface area contributed by atoms with E-state index in [2.05, 4.69) is 0 Å². The summed E-state index contributed by atoms with van der Waals surface area (Å²) in [7, 11) is 0. The van der Waals surface area contributed by atoms with Gasteiger partial charge in [0.25, 0.3) is 5.91 Å². The summed E-state index contributed by atoms with van der Waals surface area (Å²) in [5.74, 6) is -3.72. The first kappa shape index (κ1) is 14.1. The van der Waals surface area contributed by atoms with E-state index < -0.39 is 28.9 Å². The van der Waals surface area contributed by atoms with E-state index in [0.717, 1.165) is 11.0 Å². The smallest absolute Gasteiger partial charge is 0.261 e. The SMILES string of the molecule is CCN(C(=O)c1cccc(F)c1F)c1ccccc1F. The number of halogens is 3. The molecule has 20 heavy (non-hydrogen) atoms. The van der Waals surface area contributed by atoms with Crippen molar-refractivity contribution in [2.24, 2.45) is 0 Å². The summed E-state index contributed by atoms with van der Waals surface area (Å²) in [6.07, 6.45) is 0. The standard InChI is InChI=1S/C15H12F3NO/c1-2-19(13-9-4-3-7-11(13)16)15(20)10-6-5-8-12(17)14(10)18/h3-9H,2H2,1H3. The van der Waals surface area contributed by atoms with Crippen molar-refractivity contribution in [1.82, 2.24) is 0 Å². The van der Waals surface area contributed by atoms with Gasteiger partial charge < -0.3 is 4.90 Å². The van der Waals surface area contributed by atoms with Gasteiger partial charge in [-0.25, -0.2) is 13.2 Å². The highest BCUT2D eigenvalue weighted by Gasteiger charge is 2.23. The molecule has 5 heteroatoms. The highest BCUT2D eigenvalue weighted by Crippen LogP contribution is 2.22. The number of rotatable bonds is 3. The molecule has 104 valence electrons. The van der Waals surface area contributed by atoms with Crippen molar-refractivity contribution in [3.05, 3.63) is 65.5 Å². The Morgan fingerprint density at radius 3 is 2.30 bits per heavy atom. The molecular weight excluding hydrogens is 267 g/mol. The van der Waals surface area contributed by atoms with Crippen LogP contribution in [0.4, 0.5) is 18.9 Å². The Morgan fingerprint density at radius 2 is 1.65 bits per heavy atom. The van der Waals surface area contributed by atoms with Crippen molar-refractivity contribution in [2.45, 2.75) is 6.92 Å². The lowest BCUT2D eigenvalue weighted by Gasteiger charge is -2.21. The van der Waals surface area contributed by atoms with E-state index in [0.29, 0.717) is 0 Å². The number of anilines is 1. The van der Waals surface area contributed by atoms with Crippen LogP contribution in [0, 0.1) is 17.5 Å². The Bertz CT molecular complexity index is 643. The minimum Gasteiger partial charge on any atom is -0.306 e. The Balaban J connectivity index is 2.45. The number of amides is 1. The molecule has 0 aromatic heterocycles. The van der Waals surface area contributed by atoms with Crippen molar-refractivity contribution in [1.29, 1.82) is 0 Å². The Kier molecular flexibility index (Phi) is 4.08.